The Hall–Kier alpha value is -2.17. The van der Waals surface area contributed by atoms with Gasteiger partial charge in [0.15, 0.2) is 0 Å². The second-order valence-electron chi connectivity index (χ2n) is 9.17. The number of nitrogens with zero attached hydrogens (tertiary/aromatic N) is 7. The van der Waals surface area contributed by atoms with Crippen LogP contribution < -0.4 is 10.2 Å². The second kappa shape index (κ2) is 9.83. The van der Waals surface area contributed by atoms with Crippen molar-refractivity contribution >= 4 is 40.6 Å². The third-order valence-electron chi connectivity index (χ3n) is 6.92. The molecular formula is C23H30Cl2N8O. The van der Waals surface area contributed by atoms with Crippen molar-refractivity contribution in [3.63, 3.8) is 0 Å². The first kappa shape index (κ1) is 23.6. The van der Waals surface area contributed by atoms with Crippen molar-refractivity contribution in [3.8, 4) is 0 Å². The van der Waals surface area contributed by atoms with Crippen LogP contribution in [0.25, 0.3) is 5.78 Å². The fraction of sp³-hybridized carbons (Fsp3) is 0.522. The van der Waals surface area contributed by atoms with Crippen LogP contribution in [0.5, 0.6) is 0 Å². The number of piperazine rings is 1. The zero-order chi connectivity index (χ0) is 23.8. The number of hydrogen-bond donors (Lipinski definition) is 2. The number of benzene rings is 1. The first-order valence-electron chi connectivity index (χ1n) is 11.7. The molecule has 1 aromatic carbocycles. The highest BCUT2D eigenvalue weighted by Gasteiger charge is 2.36. The third-order valence-corrected chi connectivity index (χ3v) is 7.48. The summed E-state index contributed by atoms with van der Waals surface area (Å²) in [4.78, 5) is 16.3. The Kier molecular flexibility index (Phi) is 6.81. The SMILES string of the molecule is C[C@@H](Nc1cc(N2CC(N3CCN(CCO)[C@@H](C)C3)C2)nc2ncnn12)c1ccc(Cl)cc1Cl. The molecule has 4 heterocycles. The number of β-amino-alcohol motifs (C(OH)–C–C–N with tert-alkyl or cyclic N) is 1. The van der Waals surface area contributed by atoms with Crippen molar-refractivity contribution in [2.24, 2.45) is 0 Å². The Morgan fingerprint density at radius 1 is 1.18 bits per heavy atom. The van der Waals surface area contributed by atoms with Crippen LogP contribution in [0.4, 0.5) is 11.6 Å². The highest BCUT2D eigenvalue weighted by molar-refractivity contribution is 6.35. The zero-order valence-corrected chi connectivity index (χ0v) is 20.9. The summed E-state index contributed by atoms with van der Waals surface area (Å²) in [5.41, 5.74) is 0.955. The Bertz CT molecular complexity index is 1150. The largest absolute Gasteiger partial charge is 0.395 e. The minimum atomic E-state index is -0.0618. The van der Waals surface area contributed by atoms with Gasteiger partial charge in [-0.25, -0.2) is 0 Å². The lowest BCUT2D eigenvalue weighted by Gasteiger charge is -2.50. The predicted molar refractivity (Wildman–Crippen MR) is 135 cm³/mol. The molecule has 5 rings (SSSR count). The quantitative estimate of drug-likeness (QED) is 0.507. The molecule has 0 amide bonds. The van der Waals surface area contributed by atoms with Gasteiger partial charge in [0.1, 0.15) is 18.0 Å². The zero-order valence-electron chi connectivity index (χ0n) is 19.4. The molecule has 2 aliphatic heterocycles. The summed E-state index contributed by atoms with van der Waals surface area (Å²) in [6.45, 7) is 10.2. The van der Waals surface area contributed by atoms with E-state index in [1.165, 1.54) is 6.33 Å². The number of aliphatic hydroxyl groups excluding tert-OH is 1. The van der Waals surface area contributed by atoms with Crippen LogP contribution in [0.2, 0.25) is 10.0 Å². The maximum atomic E-state index is 9.26. The van der Waals surface area contributed by atoms with Gasteiger partial charge in [0.2, 0.25) is 0 Å². The lowest BCUT2D eigenvalue weighted by molar-refractivity contribution is 0.0371. The molecule has 182 valence electrons. The summed E-state index contributed by atoms with van der Waals surface area (Å²) in [7, 11) is 0. The Morgan fingerprint density at radius 3 is 2.74 bits per heavy atom. The van der Waals surface area contributed by atoms with Gasteiger partial charge in [-0.05, 0) is 31.5 Å². The number of aromatic nitrogens is 4. The van der Waals surface area contributed by atoms with Crippen molar-refractivity contribution < 1.29 is 5.11 Å². The topological polar surface area (TPSA) is 85.1 Å². The molecule has 2 fully saturated rings. The van der Waals surface area contributed by atoms with Gasteiger partial charge in [-0.15, -0.1) is 0 Å². The number of halogens is 2. The molecule has 34 heavy (non-hydrogen) atoms. The number of aliphatic hydroxyl groups is 1. The molecule has 2 aromatic heterocycles. The second-order valence-corrected chi connectivity index (χ2v) is 10.0. The summed E-state index contributed by atoms with van der Waals surface area (Å²) >= 11 is 12.5. The van der Waals surface area contributed by atoms with Gasteiger partial charge in [0, 0.05) is 67.5 Å². The molecule has 2 atom stereocenters. The van der Waals surface area contributed by atoms with Crippen LogP contribution in [0.3, 0.4) is 0 Å². The lowest BCUT2D eigenvalue weighted by Crippen LogP contribution is -2.65. The average Bonchev–Trinajstić information content (AvgIpc) is 3.24. The highest BCUT2D eigenvalue weighted by atomic mass is 35.5. The molecule has 2 saturated heterocycles. The minimum absolute atomic E-state index is 0.0618. The molecule has 9 nitrogen and oxygen atoms in total. The lowest BCUT2D eigenvalue weighted by atomic mass is 10.0. The Morgan fingerprint density at radius 2 is 2.00 bits per heavy atom. The van der Waals surface area contributed by atoms with Crippen LogP contribution in [0, 0.1) is 0 Å². The third kappa shape index (κ3) is 4.67. The van der Waals surface area contributed by atoms with Gasteiger partial charge >= 0.3 is 0 Å². The molecule has 0 aliphatic carbocycles. The molecule has 0 saturated carbocycles. The van der Waals surface area contributed by atoms with E-state index in [0.717, 1.165) is 56.5 Å². The van der Waals surface area contributed by atoms with Crippen LogP contribution in [0.1, 0.15) is 25.5 Å². The van der Waals surface area contributed by atoms with Gasteiger partial charge in [0.05, 0.1) is 12.6 Å². The molecule has 3 aromatic rings. The number of hydrogen-bond acceptors (Lipinski definition) is 8. The summed E-state index contributed by atoms with van der Waals surface area (Å²) in [5, 5.41) is 18.4. The van der Waals surface area contributed by atoms with Crippen LogP contribution in [-0.2, 0) is 0 Å². The fourth-order valence-corrected chi connectivity index (χ4v) is 5.48. The van der Waals surface area contributed by atoms with E-state index in [1.807, 2.05) is 18.2 Å². The van der Waals surface area contributed by atoms with E-state index in [9.17, 15) is 5.11 Å². The van der Waals surface area contributed by atoms with E-state index in [-0.39, 0.29) is 12.6 Å². The van der Waals surface area contributed by atoms with Crippen molar-refractivity contribution in [1.82, 2.24) is 29.4 Å². The molecule has 2 N–H and O–H groups in total. The first-order valence-corrected chi connectivity index (χ1v) is 12.4. The molecule has 0 radical (unpaired) electrons. The summed E-state index contributed by atoms with van der Waals surface area (Å²) in [5.74, 6) is 2.26. The molecule has 11 heteroatoms. The van der Waals surface area contributed by atoms with Crippen molar-refractivity contribution in [3.05, 3.63) is 46.2 Å². The Balaban J connectivity index is 1.28. The first-order chi connectivity index (χ1) is 16.4. The van der Waals surface area contributed by atoms with E-state index in [1.54, 1.807) is 10.6 Å². The molecule has 0 bridgehead atoms. The van der Waals surface area contributed by atoms with Crippen molar-refractivity contribution in [2.75, 3.05) is 56.1 Å². The van der Waals surface area contributed by atoms with Gasteiger partial charge in [-0.3, -0.25) is 9.80 Å². The van der Waals surface area contributed by atoms with E-state index >= 15 is 0 Å². The normalized spacial score (nSPS) is 21.1. The van der Waals surface area contributed by atoms with E-state index in [0.29, 0.717) is 27.9 Å². The van der Waals surface area contributed by atoms with Crippen molar-refractivity contribution in [1.29, 1.82) is 0 Å². The molecule has 2 aliphatic rings. The number of nitrogens with one attached hydrogen (secondary N) is 1. The van der Waals surface area contributed by atoms with E-state index < -0.39 is 0 Å². The summed E-state index contributed by atoms with van der Waals surface area (Å²) < 4.78 is 1.71. The smallest absolute Gasteiger partial charge is 0.256 e. The maximum Gasteiger partial charge on any atom is 0.256 e. The van der Waals surface area contributed by atoms with Gasteiger partial charge in [0.25, 0.3) is 5.78 Å². The standard InChI is InChI=1S/C23H30Cl2N8O/c1-15-11-31(6-5-30(15)7-8-34)18-12-32(13-18)21-10-22(33-23(29-21)26-14-27-33)28-16(2)19-4-3-17(24)9-20(19)25/h3-4,9-10,14-16,18,28,34H,5-8,11-13H2,1-2H3/t15-,16+/m0/s1. The molecule has 0 unspecified atom stereocenters. The number of fused-ring (bicyclic) bond motifs is 1. The van der Waals surface area contributed by atoms with Crippen LogP contribution in [-0.4, -0.2) is 92.4 Å². The van der Waals surface area contributed by atoms with Gasteiger partial charge < -0.3 is 15.3 Å². The van der Waals surface area contributed by atoms with Crippen LogP contribution in [0.15, 0.2) is 30.6 Å². The molecule has 0 spiro atoms. The van der Waals surface area contributed by atoms with Gasteiger partial charge in [-0.1, -0.05) is 29.3 Å². The highest BCUT2D eigenvalue weighted by Crippen LogP contribution is 2.31. The maximum absolute atomic E-state index is 9.26. The summed E-state index contributed by atoms with van der Waals surface area (Å²) in [6.07, 6.45) is 1.52. The van der Waals surface area contributed by atoms with Crippen LogP contribution >= 0.6 is 23.2 Å². The average molecular weight is 505 g/mol. The van der Waals surface area contributed by atoms with E-state index in [2.05, 4.69) is 43.9 Å². The van der Waals surface area contributed by atoms with Gasteiger partial charge in [-0.2, -0.15) is 19.6 Å². The monoisotopic (exact) mass is 504 g/mol. The minimum Gasteiger partial charge on any atom is -0.395 e. The number of rotatable bonds is 7. The summed E-state index contributed by atoms with van der Waals surface area (Å²) in [6, 6.07) is 8.46. The fourth-order valence-electron chi connectivity index (χ4n) is 4.91. The number of anilines is 2. The van der Waals surface area contributed by atoms with Crippen molar-refractivity contribution in [2.45, 2.75) is 32.0 Å². The Labute approximate surface area is 209 Å². The molecular weight excluding hydrogens is 475 g/mol. The van der Waals surface area contributed by atoms with E-state index in [4.69, 9.17) is 28.2 Å². The predicted octanol–water partition coefficient (Wildman–Crippen LogP) is 2.79.